The van der Waals surface area contributed by atoms with Gasteiger partial charge < -0.3 is 9.97 Å². The average Bonchev–Trinajstić information content (AvgIpc) is 3.06. The van der Waals surface area contributed by atoms with Crippen LogP contribution in [-0.2, 0) is 0 Å². The normalized spacial score (nSPS) is 11.5. The number of hydrogen-bond acceptors (Lipinski definition) is 4. The summed E-state index contributed by atoms with van der Waals surface area (Å²) in [6, 6.07) is 3.93. The summed E-state index contributed by atoms with van der Waals surface area (Å²) in [6.45, 7) is 3.92. The molecule has 4 heterocycles. The summed E-state index contributed by atoms with van der Waals surface area (Å²) in [6.07, 6.45) is 3.72. The minimum absolute atomic E-state index is 0.539. The minimum atomic E-state index is 0.539. The lowest BCUT2D eigenvalue weighted by molar-refractivity contribution is 1.06. The molecule has 0 unspecified atom stereocenters. The molecule has 20 heavy (non-hydrogen) atoms. The number of fused-ring (bicyclic) bond motifs is 2. The maximum Gasteiger partial charge on any atom is 0.200 e. The second-order valence-corrected chi connectivity index (χ2v) is 4.75. The molecule has 98 valence electrons. The van der Waals surface area contributed by atoms with Gasteiger partial charge >= 0.3 is 0 Å². The zero-order valence-corrected chi connectivity index (χ0v) is 11.1. The van der Waals surface area contributed by atoms with Crippen LogP contribution in [0.4, 0.5) is 0 Å². The molecule has 0 saturated heterocycles. The molecule has 0 saturated carbocycles. The van der Waals surface area contributed by atoms with Crippen molar-refractivity contribution in [3.05, 3.63) is 35.9 Å². The average molecular weight is 264 g/mol. The van der Waals surface area contributed by atoms with Crippen molar-refractivity contribution >= 4 is 22.1 Å². The summed E-state index contributed by atoms with van der Waals surface area (Å²) in [5.41, 5.74) is 3.44. The SMILES string of the molecule is Cc1nc(-c2nc(C)c3cc[nH]c3n2)nc2[nH]ccc12. The zero-order valence-electron chi connectivity index (χ0n) is 11.1. The Balaban J connectivity index is 2.00. The predicted octanol–water partition coefficient (Wildman–Crippen LogP) is 2.51. The van der Waals surface area contributed by atoms with E-state index in [4.69, 9.17) is 0 Å². The molecule has 6 nitrogen and oxygen atoms in total. The Morgan fingerprint density at radius 1 is 0.700 bits per heavy atom. The number of nitrogens with zero attached hydrogens (tertiary/aromatic N) is 4. The second kappa shape index (κ2) is 3.86. The monoisotopic (exact) mass is 264 g/mol. The van der Waals surface area contributed by atoms with Crippen LogP contribution in [-0.4, -0.2) is 29.9 Å². The molecule has 0 bridgehead atoms. The molecular formula is C14H12N6. The van der Waals surface area contributed by atoms with Crippen LogP contribution >= 0.6 is 0 Å². The highest BCUT2D eigenvalue weighted by Crippen LogP contribution is 2.21. The molecule has 0 fully saturated rings. The van der Waals surface area contributed by atoms with Crippen molar-refractivity contribution in [2.24, 2.45) is 0 Å². The van der Waals surface area contributed by atoms with Crippen LogP contribution in [0.5, 0.6) is 0 Å². The van der Waals surface area contributed by atoms with Gasteiger partial charge in [-0.1, -0.05) is 0 Å². The highest BCUT2D eigenvalue weighted by molar-refractivity contribution is 5.81. The first kappa shape index (κ1) is 11.1. The fourth-order valence-corrected chi connectivity index (χ4v) is 2.39. The van der Waals surface area contributed by atoms with Crippen molar-refractivity contribution in [2.45, 2.75) is 13.8 Å². The van der Waals surface area contributed by atoms with E-state index in [2.05, 4.69) is 29.9 Å². The summed E-state index contributed by atoms with van der Waals surface area (Å²) in [4.78, 5) is 24.2. The van der Waals surface area contributed by atoms with Gasteiger partial charge in [0.25, 0.3) is 0 Å². The van der Waals surface area contributed by atoms with Gasteiger partial charge in [-0.15, -0.1) is 0 Å². The van der Waals surface area contributed by atoms with Gasteiger partial charge in [-0.25, -0.2) is 19.9 Å². The summed E-state index contributed by atoms with van der Waals surface area (Å²) >= 11 is 0. The number of aromatic amines is 2. The lowest BCUT2D eigenvalue weighted by Gasteiger charge is -2.03. The molecule has 2 N–H and O–H groups in total. The van der Waals surface area contributed by atoms with Crippen molar-refractivity contribution in [2.75, 3.05) is 0 Å². The zero-order chi connectivity index (χ0) is 13.7. The fourth-order valence-electron chi connectivity index (χ4n) is 2.39. The van der Waals surface area contributed by atoms with Crippen LogP contribution in [0.25, 0.3) is 33.7 Å². The minimum Gasteiger partial charge on any atom is -0.346 e. The standard InChI is InChI=1S/C14H12N6/c1-7-9-3-5-15-11(9)19-13(17-7)14-18-8(2)10-4-6-16-12(10)20-14/h3-6H,1-2H3,(H,15,17,19)(H,16,18,20). The molecule has 0 aliphatic rings. The summed E-state index contributed by atoms with van der Waals surface area (Å²) in [5.74, 6) is 1.08. The second-order valence-electron chi connectivity index (χ2n) is 4.75. The Hall–Kier alpha value is -2.76. The summed E-state index contributed by atoms with van der Waals surface area (Å²) in [5, 5.41) is 2.04. The third-order valence-electron chi connectivity index (χ3n) is 3.41. The van der Waals surface area contributed by atoms with Crippen LogP contribution in [0.3, 0.4) is 0 Å². The number of rotatable bonds is 1. The Bertz CT molecular complexity index is 855. The van der Waals surface area contributed by atoms with Crippen LogP contribution in [0.15, 0.2) is 24.5 Å². The van der Waals surface area contributed by atoms with E-state index < -0.39 is 0 Å². The van der Waals surface area contributed by atoms with E-state index in [0.717, 1.165) is 33.5 Å². The largest absolute Gasteiger partial charge is 0.346 e. The van der Waals surface area contributed by atoms with E-state index in [1.165, 1.54) is 0 Å². The van der Waals surface area contributed by atoms with Crippen LogP contribution in [0.1, 0.15) is 11.4 Å². The molecule has 0 radical (unpaired) electrons. The van der Waals surface area contributed by atoms with Crippen molar-refractivity contribution < 1.29 is 0 Å². The van der Waals surface area contributed by atoms with Crippen LogP contribution in [0.2, 0.25) is 0 Å². The lowest BCUT2D eigenvalue weighted by atomic mass is 10.3. The van der Waals surface area contributed by atoms with E-state index in [0.29, 0.717) is 11.6 Å². The predicted molar refractivity (Wildman–Crippen MR) is 76.2 cm³/mol. The third kappa shape index (κ3) is 1.51. The van der Waals surface area contributed by atoms with E-state index in [-0.39, 0.29) is 0 Å². The molecule has 6 heteroatoms. The first-order chi connectivity index (χ1) is 9.72. The van der Waals surface area contributed by atoms with Gasteiger partial charge in [0.05, 0.1) is 11.4 Å². The van der Waals surface area contributed by atoms with Gasteiger partial charge in [-0.2, -0.15) is 0 Å². The molecule has 0 atom stereocenters. The van der Waals surface area contributed by atoms with Gasteiger partial charge in [-0.05, 0) is 26.0 Å². The number of aromatic nitrogens is 6. The maximum atomic E-state index is 4.51. The third-order valence-corrected chi connectivity index (χ3v) is 3.41. The Kier molecular flexibility index (Phi) is 2.14. The van der Waals surface area contributed by atoms with Gasteiger partial charge in [-0.3, -0.25) is 0 Å². The first-order valence-electron chi connectivity index (χ1n) is 6.36. The highest BCUT2D eigenvalue weighted by Gasteiger charge is 2.12. The number of H-pyrrole nitrogens is 2. The van der Waals surface area contributed by atoms with Gasteiger partial charge in [0.1, 0.15) is 11.3 Å². The smallest absolute Gasteiger partial charge is 0.200 e. The van der Waals surface area contributed by atoms with E-state index in [9.17, 15) is 0 Å². The summed E-state index contributed by atoms with van der Waals surface area (Å²) < 4.78 is 0. The number of aryl methyl sites for hydroxylation is 2. The van der Waals surface area contributed by atoms with Crippen LogP contribution < -0.4 is 0 Å². The summed E-state index contributed by atoms with van der Waals surface area (Å²) in [7, 11) is 0. The van der Waals surface area contributed by atoms with Crippen LogP contribution in [0, 0.1) is 13.8 Å². The highest BCUT2D eigenvalue weighted by atomic mass is 15.0. The van der Waals surface area contributed by atoms with Crippen molar-refractivity contribution in [1.82, 2.24) is 29.9 Å². The number of hydrogen-bond donors (Lipinski definition) is 2. The Labute approximate surface area is 114 Å². The molecule has 0 aliphatic heterocycles. The molecule has 4 aromatic rings. The van der Waals surface area contributed by atoms with Crippen molar-refractivity contribution in [1.29, 1.82) is 0 Å². The quantitative estimate of drug-likeness (QED) is 0.553. The van der Waals surface area contributed by atoms with Crippen molar-refractivity contribution in [3.8, 4) is 11.6 Å². The topological polar surface area (TPSA) is 83.1 Å². The van der Waals surface area contributed by atoms with Gasteiger partial charge in [0, 0.05) is 23.2 Å². The molecule has 4 rings (SSSR count). The molecule has 0 spiro atoms. The maximum absolute atomic E-state index is 4.51. The van der Waals surface area contributed by atoms with E-state index in [1.807, 2.05) is 38.4 Å². The molecular weight excluding hydrogens is 252 g/mol. The van der Waals surface area contributed by atoms with E-state index in [1.54, 1.807) is 0 Å². The van der Waals surface area contributed by atoms with Gasteiger partial charge in [0.2, 0.25) is 0 Å². The van der Waals surface area contributed by atoms with Gasteiger partial charge in [0.15, 0.2) is 11.6 Å². The fraction of sp³-hybridized carbons (Fsp3) is 0.143. The molecule has 0 aromatic carbocycles. The lowest BCUT2D eigenvalue weighted by Crippen LogP contribution is -1.99. The first-order valence-corrected chi connectivity index (χ1v) is 6.36. The van der Waals surface area contributed by atoms with Crippen molar-refractivity contribution in [3.63, 3.8) is 0 Å². The molecule has 0 aliphatic carbocycles. The molecule has 4 aromatic heterocycles. The Morgan fingerprint density at radius 3 is 1.60 bits per heavy atom. The molecule has 0 amide bonds. The van der Waals surface area contributed by atoms with E-state index >= 15 is 0 Å². The Morgan fingerprint density at radius 2 is 1.15 bits per heavy atom. The number of nitrogens with one attached hydrogen (secondary N) is 2.